The molecule has 10 heteroatoms. The molecular weight excluding hydrogens is 627 g/mol. The van der Waals surface area contributed by atoms with Gasteiger partial charge in [0.25, 0.3) is 0 Å². The number of nitriles is 1. The molecule has 5 rings (SSSR count). The van der Waals surface area contributed by atoms with Crippen molar-refractivity contribution in [3.8, 4) is 34.8 Å². The predicted octanol–water partition coefficient (Wildman–Crippen LogP) is 8.59. The highest BCUT2D eigenvalue weighted by atomic mass is 35.5. The van der Waals surface area contributed by atoms with Gasteiger partial charge in [-0.2, -0.15) is 5.26 Å². The summed E-state index contributed by atoms with van der Waals surface area (Å²) in [5, 5.41) is 11.1. The van der Waals surface area contributed by atoms with E-state index in [4.69, 9.17) is 52.6 Å². The Morgan fingerprint density at radius 1 is 0.935 bits per heavy atom. The summed E-state index contributed by atoms with van der Waals surface area (Å²) < 4.78 is 29.2. The Balaban J connectivity index is 1.40. The first-order valence-electron chi connectivity index (χ1n) is 14.8. The molecule has 1 heterocycles. The van der Waals surface area contributed by atoms with Crippen molar-refractivity contribution in [2.45, 2.75) is 39.2 Å². The Bertz CT molecular complexity index is 1820. The number of ether oxygens (including phenoxy) is 5. The van der Waals surface area contributed by atoms with Crippen molar-refractivity contribution in [3.05, 3.63) is 123 Å². The predicted molar refractivity (Wildman–Crippen MR) is 176 cm³/mol. The van der Waals surface area contributed by atoms with Crippen LogP contribution in [0.4, 0.5) is 0 Å². The molecule has 1 atom stereocenters. The number of unbranched alkanes of at least 4 members (excludes halogenated alkanes) is 1. The third-order valence-electron chi connectivity index (χ3n) is 7.24. The fraction of sp³-hybridized carbons (Fsp3) is 0.222. The summed E-state index contributed by atoms with van der Waals surface area (Å²) in [6, 6.07) is 24.7. The fourth-order valence-corrected chi connectivity index (χ4v) is 5.40. The van der Waals surface area contributed by atoms with Gasteiger partial charge in [-0.25, -0.2) is 4.79 Å². The van der Waals surface area contributed by atoms with Gasteiger partial charge >= 0.3 is 5.97 Å². The molecule has 1 aliphatic rings. The van der Waals surface area contributed by atoms with Gasteiger partial charge in [0.05, 0.1) is 24.7 Å². The lowest BCUT2D eigenvalue weighted by atomic mass is 9.83. The summed E-state index contributed by atoms with van der Waals surface area (Å²) in [7, 11) is 0. The number of fused-ring (bicyclic) bond motifs is 1. The minimum Gasteiger partial charge on any atom is -0.494 e. The molecule has 0 saturated carbocycles. The van der Waals surface area contributed by atoms with Gasteiger partial charge in [0.15, 0.2) is 11.5 Å². The van der Waals surface area contributed by atoms with Crippen LogP contribution in [0.25, 0.3) is 0 Å². The lowest BCUT2D eigenvalue weighted by Crippen LogP contribution is -2.21. The maximum atomic E-state index is 13.0. The Morgan fingerprint density at radius 2 is 1.78 bits per heavy atom. The van der Waals surface area contributed by atoms with E-state index in [0.29, 0.717) is 57.4 Å². The summed E-state index contributed by atoms with van der Waals surface area (Å²) >= 11 is 12.4. The molecule has 0 radical (unpaired) electrons. The third kappa shape index (κ3) is 7.51. The average Bonchev–Trinajstić information content (AvgIpc) is 3.04. The first kappa shape index (κ1) is 32.6. The molecule has 236 valence electrons. The van der Waals surface area contributed by atoms with E-state index in [-0.39, 0.29) is 23.8 Å². The number of carbonyl (C=O) groups is 1. The molecule has 46 heavy (non-hydrogen) atoms. The van der Waals surface area contributed by atoms with Gasteiger partial charge in [0.1, 0.15) is 35.5 Å². The molecule has 0 aliphatic carbocycles. The van der Waals surface area contributed by atoms with Gasteiger partial charge in [-0.15, -0.1) is 0 Å². The lowest BCUT2D eigenvalue weighted by molar-refractivity contribution is 0.0734. The monoisotopic (exact) mass is 658 g/mol. The van der Waals surface area contributed by atoms with Crippen LogP contribution in [0.3, 0.4) is 0 Å². The number of allylic oxidation sites excluding steroid dienone is 1. The third-order valence-corrected chi connectivity index (χ3v) is 7.82. The van der Waals surface area contributed by atoms with E-state index in [9.17, 15) is 10.1 Å². The van der Waals surface area contributed by atoms with Gasteiger partial charge in [-0.05, 0) is 67.4 Å². The number of nitrogens with two attached hydrogens (primary N) is 1. The SMILES string of the molecule is CCCCOc1cccc(C(=O)Oc2ccc3c(c2)OC(N)=C(C#N)C3c2ccc(OCc3ccc(Cl)cc3Cl)c(OCC)c2)c1. The molecule has 1 aliphatic heterocycles. The van der Waals surface area contributed by atoms with E-state index in [1.807, 2.05) is 19.1 Å². The summed E-state index contributed by atoms with van der Waals surface area (Å²) in [6.07, 6.45) is 1.92. The van der Waals surface area contributed by atoms with Gasteiger partial charge in [0, 0.05) is 27.2 Å². The van der Waals surface area contributed by atoms with Gasteiger partial charge in [0.2, 0.25) is 5.88 Å². The summed E-state index contributed by atoms with van der Waals surface area (Å²) in [4.78, 5) is 13.0. The van der Waals surface area contributed by atoms with Crippen molar-refractivity contribution in [1.82, 2.24) is 0 Å². The highest BCUT2D eigenvalue weighted by molar-refractivity contribution is 6.35. The van der Waals surface area contributed by atoms with Crippen LogP contribution in [0.1, 0.15) is 59.7 Å². The number of nitrogens with zero attached hydrogens (tertiary/aromatic N) is 1. The highest BCUT2D eigenvalue weighted by Crippen LogP contribution is 2.45. The second kappa shape index (κ2) is 15.0. The molecule has 4 aromatic rings. The zero-order valence-corrected chi connectivity index (χ0v) is 26.9. The van der Waals surface area contributed by atoms with Gasteiger partial charge in [-0.3, -0.25) is 0 Å². The Kier molecular flexibility index (Phi) is 10.6. The molecule has 0 bridgehead atoms. The molecule has 8 nitrogen and oxygen atoms in total. The second-order valence-corrected chi connectivity index (χ2v) is 11.3. The van der Waals surface area contributed by atoms with Gasteiger partial charge < -0.3 is 29.4 Å². The number of esters is 1. The van der Waals surface area contributed by atoms with E-state index in [1.54, 1.807) is 66.7 Å². The van der Waals surface area contributed by atoms with Crippen LogP contribution in [0, 0.1) is 11.3 Å². The molecule has 0 aromatic heterocycles. The zero-order chi connectivity index (χ0) is 32.6. The first-order chi connectivity index (χ1) is 22.3. The topological polar surface area (TPSA) is 113 Å². The normalized spacial score (nSPS) is 13.7. The molecule has 0 spiro atoms. The molecule has 0 fully saturated rings. The van der Waals surface area contributed by atoms with Crippen LogP contribution >= 0.6 is 23.2 Å². The maximum absolute atomic E-state index is 13.0. The van der Waals surface area contributed by atoms with Crippen molar-refractivity contribution in [2.24, 2.45) is 5.73 Å². The number of hydrogen-bond acceptors (Lipinski definition) is 8. The standard InChI is InChI=1S/C36H32Cl2N2O6/c1-3-5-15-43-26-8-6-7-23(16-26)36(41)45-27-12-13-28-32(19-27)46-35(40)29(20-39)34(28)22-10-14-31(33(17-22)42-4-2)44-21-24-9-11-25(37)18-30(24)38/h6-14,16-19,34H,3-5,15,21,40H2,1-2H3. The van der Waals surface area contributed by atoms with Crippen LogP contribution in [-0.2, 0) is 6.61 Å². The number of benzene rings is 4. The van der Waals surface area contributed by atoms with Crippen molar-refractivity contribution < 1.29 is 28.5 Å². The average molecular weight is 660 g/mol. The van der Waals surface area contributed by atoms with E-state index in [2.05, 4.69) is 13.0 Å². The van der Waals surface area contributed by atoms with E-state index in [0.717, 1.165) is 24.0 Å². The van der Waals surface area contributed by atoms with Crippen molar-refractivity contribution >= 4 is 29.2 Å². The molecule has 2 N–H and O–H groups in total. The Hall–Kier alpha value is -4.84. The van der Waals surface area contributed by atoms with E-state index < -0.39 is 11.9 Å². The van der Waals surface area contributed by atoms with Crippen LogP contribution in [0.5, 0.6) is 28.7 Å². The molecular formula is C36H32Cl2N2O6. The molecule has 4 aromatic carbocycles. The number of carbonyl (C=O) groups excluding carboxylic acids is 1. The van der Waals surface area contributed by atoms with Crippen molar-refractivity contribution in [2.75, 3.05) is 13.2 Å². The first-order valence-corrected chi connectivity index (χ1v) is 15.6. The van der Waals surface area contributed by atoms with Crippen LogP contribution in [0.15, 0.2) is 90.3 Å². The molecule has 1 unspecified atom stereocenters. The van der Waals surface area contributed by atoms with Crippen LogP contribution in [-0.4, -0.2) is 19.2 Å². The van der Waals surface area contributed by atoms with Crippen molar-refractivity contribution in [1.29, 1.82) is 5.26 Å². The second-order valence-electron chi connectivity index (χ2n) is 10.4. The van der Waals surface area contributed by atoms with E-state index >= 15 is 0 Å². The summed E-state index contributed by atoms with van der Waals surface area (Å²) in [5.41, 5.74) is 8.99. The summed E-state index contributed by atoms with van der Waals surface area (Å²) in [5.74, 6) is 1.03. The fourth-order valence-electron chi connectivity index (χ4n) is 4.94. The van der Waals surface area contributed by atoms with Crippen LogP contribution in [0.2, 0.25) is 10.0 Å². The van der Waals surface area contributed by atoms with Crippen molar-refractivity contribution in [3.63, 3.8) is 0 Å². The maximum Gasteiger partial charge on any atom is 0.343 e. The Morgan fingerprint density at radius 3 is 2.54 bits per heavy atom. The van der Waals surface area contributed by atoms with E-state index in [1.165, 1.54) is 0 Å². The molecule has 0 amide bonds. The number of hydrogen-bond donors (Lipinski definition) is 1. The highest BCUT2D eigenvalue weighted by Gasteiger charge is 2.32. The smallest absolute Gasteiger partial charge is 0.343 e. The molecule has 0 saturated heterocycles. The van der Waals surface area contributed by atoms with Gasteiger partial charge in [-0.1, -0.05) is 60.8 Å². The Labute approximate surface area is 277 Å². The minimum atomic E-state index is -0.575. The summed E-state index contributed by atoms with van der Waals surface area (Å²) in [6.45, 7) is 5.10. The number of rotatable bonds is 12. The number of halogens is 2. The lowest BCUT2D eigenvalue weighted by Gasteiger charge is -2.27. The minimum absolute atomic E-state index is 0.0453. The van der Waals surface area contributed by atoms with Crippen LogP contribution < -0.4 is 29.4 Å². The quantitative estimate of drug-likeness (QED) is 0.0914. The largest absolute Gasteiger partial charge is 0.494 e. The zero-order valence-electron chi connectivity index (χ0n) is 25.3.